The highest BCUT2D eigenvalue weighted by Crippen LogP contribution is 2.42. The topological polar surface area (TPSA) is 180 Å². The largest absolute Gasteiger partial charge is 0.415 e. The van der Waals surface area contributed by atoms with Crippen LogP contribution in [0.3, 0.4) is 0 Å². The maximum Gasteiger partial charge on any atom is 0.415 e. The summed E-state index contributed by atoms with van der Waals surface area (Å²) >= 11 is 0. The van der Waals surface area contributed by atoms with Crippen LogP contribution in [0.15, 0.2) is 17.1 Å². The van der Waals surface area contributed by atoms with Gasteiger partial charge >= 0.3 is 18.9 Å². The second-order valence-electron chi connectivity index (χ2n) is 4.63. The second kappa shape index (κ2) is 6.15. The van der Waals surface area contributed by atoms with Crippen molar-refractivity contribution in [3.05, 3.63) is 22.7 Å². The fourth-order valence-electron chi connectivity index (χ4n) is 1.92. The van der Waals surface area contributed by atoms with Gasteiger partial charge in [0.05, 0.1) is 12.7 Å². The van der Waals surface area contributed by atoms with E-state index in [9.17, 15) is 19.3 Å². The van der Waals surface area contributed by atoms with E-state index in [4.69, 9.17) is 21.1 Å². The number of amides is 1. The first kappa shape index (κ1) is 16.6. The highest BCUT2D eigenvalue weighted by atomic mass is 31.2. The molecule has 0 bridgehead atoms. The minimum Gasteiger partial charge on any atom is -0.390 e. The molecular weight excluding hydrogens is 319 g/mol. The Kier molecular flexibility index (Phi) is 4.63. The molecule has 1 aliphatic heterocycles. The van der Waals surface area contributed by atoms with Crippen LogP contribution in [0.2, 0.25) is 0 Å². The van der Waals surface area contributed by atoms with E-state index in [1.54, 1.807) is 0 Å². The Morgan fingerprint density at radius 3 is 2.91 bits per heavy atom. The van der Waals surface area contributed by atoms with Gasteiger partial charge in [-0.15, -0.1) is 0 Å². The van der Waals surface area contributed by atoms with Crippen molar-refractivity contribution in [2.45, 2.75) is 24.9 Å². The summed E-state index contributed by atoms with van der Waals surface area (Å²) in [6.45, 7) is -0.536. The molecule has 22 heavy (non-hydrogen) atoms. The number of aliphatic hydroxyl groups excluding tert-OH is 1. The summed E-state index contributed by atoms with van der Waals surface area (Å²) in [5, 5.41) is 9.85. The lowest BCUT2D eigenvalue weighted by Gasteiger charge is -2.17. The molecule has 4 atom stereocenters. The third-order valence-electron chi connectivity index (χ3n) is 3.06. The van der Waals surface area contributed by atoms with Gasteiger partial charge in [0.2, 0.25) is 0 Å². The molecule has 11 nitrogen and oxygen atoms in total. The highest BCUT2D eigenvalue weighted by molar-refractivity contribution is 7.70. The first-order valence-corrected chi connectivity index (χ1v) is 7.74. The van der Waals surface area contributed by atoms with E-state index in [1.165, 1.54) is 12.3 Å². The van der Waals surface area contributed by atoms with Crippen LogP contribution in [-0.2, 0) is 13.8 Å². The van der Waals surface area contributed by atoms with Gasteiger partial charge < -0.3 is 26.2 Å². The van der Waals surface area contributed by atoms with Gasteiger partial charge in [-0.25, -0.2) is 9.36 Å². The maximum absolute atomic E-state index is 11.7. The number of hydrogen-bond donors (Lipinski definition) is 4. The maximum atomic E-state index is 11.7. The Morgan fingerprint density at radius 1 is 1.64 bits per heavy atom. The van der Waals surface area contributed by atoms with Crippen molar-refractivity contribution in [3.63, 3.8) is 0 Å². The Balaban J connectivity index is 2.05. The summed E-state index contributed by atoms with van der Waals surface area (Å²) in [5.74, 6) is 0.0438. The molecule has 0 spiro atoms. The van der Waals surface area contributed by atoms with E-state index in [-0.39, 0.29) is 12.2 Å². The molecule has 12 heteroatoms. The van der Waals surface area contributed by atoms with E-state index < -0.39 is 44.0 Å². The van der Waals surface area contributed by atoms with Crippen LogP contribution in [-0.4, -0.2) is 44.0 Å². The van der Waals surface area contributed by atoms with Crippen LogP contribution < -0.4 is 17.2 Å². The smallest absolute Gasteiger partial charge is 0.390 e. The number of nitrogens with zero attached hydrogens (tertiary/aromatic N) is 2. The zero-order valence-electron chi connectivity index (χ0n) is 11.2. The van der Waals surface area contributed by atoms with E-state index in [0.29, 0.717) is 0 Å². The molecule has 0 aromatic carbocycles. The third kappa shape index (κ3) is 3.51. The van der Waals surface area contributed by atoms with Gasteiger partial charge in [-0.1, -0.05) is 0 Å². The molecule has 1 fully saturated rings. The predicted molar refractivity (Wildman–Crippen MR) is 72.8 cm³/mol. The lowest BCUT2D eigenvalue weighted by Crippen LogP contribution is -2.28. The number of ether oxygens (including phenoxy) is 1. The summed E-state index contributed by atoms with van der Waals surface area (Å²) in [6, 6.07) is 1.38. The van der Waals surface area contributed by atoms with Gasteiger partial charge in [0.25, 0.3) is 0 Å². The molecule has 1 aliphatic rings. The van der Waals surface area contributed by atoms with Crippen molar-refractivity contribution in [1.82, 2.24) is 9.55 Å². The molecule has 0 radical (unpaired) electrons. The van der Waals surface area contributed by atoms with E-state index in [2.05, 4.69) is 9.51 Å². The Hall–Kier alpha value is -1.78. The zero-order valence-corrected chi connectivity index (χ0v) is 12.1. The van der Waals surface area contributed by atoms with Crippen LogP contribution in [0, 0.1) is 0 Å². The van der Waals surface area contributed by atoms with Crippen molar-refractivity contribution in [3.8, 4) is 0 Å². The molecule has 1 saturated heterocycles. The average molecular weight is 334 g/mol. The first-order valence-electron chi connectivity index (χ1n) is 6.16. The number of primary amides is 1. The molecular formula is C10H15N4O7P. The summed E-state index contributed by atoms with van der Waals surface area (Å²) < 4.78 is 22.3. The lowest BCUT2D eigenvalue weighted by atomic mass is 10.2. The van der Waals surface area contributed by atoms with Gasteiger partial charge in [-0.05, 0) is 6.07 Å². The molecule has 2 rings (SSSR count). The summed E-state index contributed by atoms with van der Waals surface area (Å²) in [4.78, 5) is 35.0. The van der Waals surface area contributed by atoms with Crippen LogP contribution in [0.4, 0.5) is 10.6 Å². The summed E-state index contributed by atoms with van der Waals surface area (Å²) in [5.41, 5.74) is 7.90. The first-order chi connectivity index (χ1) is 10.2. The molecule has 1 amide bonds. The normalized spacial score (nSPS) is 27.5. The molecule has 1 aromatic rings. The van der Waals surface area contributed by atoms with Crippen molar-refractivity contribution in [2.75, 3.05) is 12.3 Å². The summed E-state index contributed by atoms with van der Waals surface area (Å²) in [7, 11) is -4.60. The van der Waals surface area contributed by atoms with Gasteiger partial charge in [0.1, 0.15) is 18.1 Å². The number of aliphatic hydroxyl groups is 1. The van der Waals surface area contributed by atoms with Crippen LogP contribution in [0.25, 0.3) is 0 Å². The van der Waals surface area contributed by atoms with Gasteiger partial charge in [-0.3, -0.25) is 13.9 Å². The van der Waals surface area contributed by atoms with Crippen molar-refractivity contribution >= 4 is 19.1 Å². The standard InChI is InChI=1S/C10H15N4O7P/c11-7-1-2-14(10(17)13-7)8-3-5(15)6(21-8)4-20-22(18,19)9(12)16/h1-2,5-6,8,15H,3-4H2,(H2,12,16)(H,18,19)(H2,11,13,17)/t5-,6+,8+/m0/s1. The molecule has 0 aliphatic carbocycles. The molecule has 122 valence electrons. The predicted octanol–water partition coefficient (Wildman–Crippen LogP) is -1.25. The van der Waals surface area contributed by atoms with Gasteiger partial charge in [0, 0.05) is 12.6 Å². The Labute approximate surface area is 124 Å². The molecule has 0 saturated carbocycles. The van der Waals surface area contributed by atoms with Gasteiger partial charge in [0.15, 0.2) is 0 Å². The summed E-state index contributed by atoms with van der Waals surface area (Å²) in [6.07, 6.45) is -1.52. The van der Waals surface area contributed by atoms with E-state index in [0.717, 1.165) is 4.57 Å². The lowest BCUT2D eigenvalue weighted by molar-refractivity contribution is -0.0419. The third-order valence-corrected chi connectivity index (χ3v) is 4.11. The fourth-order valence-corrected chi connectivity index (χ4v) is 2.40. The van der Waals surface area contributed by atoms with Crippen LogP contribution in [0.1, 0.15) is 12.6 Å². The number of hydrogen-bond acceptors (Lipinski definition) is 8. The quantitative estimate of drug-likeness (QED) is 0.478. The zero-order chi connectivity index (χ0) is 16.5. The molecule has 2 heterocycles. The molecule has 1 unspecified atom stereocenters. The monoisotopic (exact) mass is 334 g/mol. The minimum atomic E-state index is -4.60. The Bertz CT molecular complexity index is 677. The fraction of sp³-hybridized carbons (Fsp3) is 0.500. The molecule has 6 N–H and O–H groups in total. The average Bonchev–Trinajstić information content (AvgIpc) is 2.77. The van der Waals surface area contributed by atoms with Crippen molar-refractivity contribution in [1.29, 1.82) is 0 Å². The number of carbonyl (C=O) groups is 1. The van der Waals surface area contributed by atoms with Crippen molar-refractivity contribution < 1.29 is 28.6 Å². The Morgan fingerprint density at radius 2 is 2.32 bits per heavy atom. The van der Waals surface area contributed by atoms with Crippen molar-refractivity contribution in [2.24, 2.45) is 5.73 Å². The number of nitrogens with two attached hydrogens (primary N) is 2. The SMILES string of the molecule is NC(=O)P(=O)(O)OC[C@H]1O[C@@H](n2ccc(N)nc2=O)C[C@@H]1O. The second-order valence-corrected chi connectivity index (χ2v) is 6.37. The van der Waals surface area contributed by atoms with E-state index >= 15 is 0 Å². The minimum absolute atomic E-state index is 0.0336. The number of aromatic nitrogens is 2. The molecule has 1 aromatic heterocycles. The highest BCUT2D eigenvalue weighted by Gasteiger charge is 2.38. The number of carbonyl (C=O) groups excluding carboxylic acids is 1. The number of nitrogen functional groups attached to an aromatic ring is 1. The van der Waals surface area contributed by atoms with Gasteiger partial charge in [-0.2, -0.15) is 4.98 Å². The van der Waals surface area contributed by atoms with Crippen LogP contribution >= 0.6 is 7.60 Å². The van der Waals surface area contributed by atoms with Crippen LogP contribution in [0.5, 0.6) is 0 Å². The number of rotatable bonds is 5. The van der Waals surface area contributed by atoms with E-state index in [1.807, 2.05) is 0 Å². The number of anilines is 1.